The van der Waals surface area contributed by atoms with Gasteiger partial charge in [0, 0.05) is 25.2 Å². The normalized spacial score (nSPS) is 27.7. The molecule has 98 valence electrons. The number of carbonyl (C=O) groups excluding carboxylic acids is 1. The lowest BCUT2D eigenvalue weighted by Crippen LogP contribution is -2.48. The van der Waals surface area contributed by atoms with E-state index in [-0.39, 0.29) is 11.9 Å². The molecule has 0 aromatic heterocycles. The Bertz CT molecular complexity index is 265. The van der Waals surface area contributed by atoms with E-state index in [1.165, 1.54) is 12.8 Å². The Balaban J connectivity index is 1.73. The highest BCUT2D eigenvalue weighted by Crippen LogP contribution is 2.26. The minimum atomic E-state index is 0.0209. The van der Waals surface area contributed by atoms with Gasteiger partial charge in [-0.3, -0.25) is 9.69 Å². The first-order chi connectivity index (χ1) is 8.18. The van der Waals surface area contributed by atoms with Crippen LogP contribution in [-0.4, -0.2) is 49.1 Å². The van der Waals surface area contributed by atoms with Crippen molar-refractivity contribution in [2.45, 2.75) is 57.2 Å². The highest BCUT2D eigenvalue weighted by atomic mass is 16.2. The van der Waals surface area contributed by atoms with Gasteiger partial charge in [-0.2, -0.15) is 0 Å². The summed E-state index contributed by atoms with van der Waals surface area (Å²) in [6.07, 6.45) is 5.91. The van der Waals surface area contributed by atoms with Gasteiger partial charge in [-0.1, -0.05) is 0 Å². The molecule has 1 heterocycles. The fraction of sp³-hybridized carbons (Fsp3) is 0.923. The summed E-state index contributed by atoms with van der Waals surface area (Å²) in [5.41, 5.74) is 0. The van der Waals surface area contributed by atoms with E-state index >= 15 is 0 Å². The van der Waals surface area contributed by atoms with E-state index in [0.717, 1.165) is 38.4 Å². The minimum absolute atomic E-state index is 0.0209. The zero-order valence-corrected chi connectivity index (χ0v) is 11.0. The molecule has 0 bridgehead atoms. The standard InChI is InChI=1S/C13H25N3O/c1-10(16(2)11-6-7-11)9-15-12-5-3-4-8-14-13(12)17/h10-12,15H,3-9H2,1-2H3,(H,14,17). The van der Waals surface area contributed by atoms with Crippen molar-refractivity contribution in [3.05, 3.63) is 0 Å². The van der Waals surface area contributed by atoms with Crippen molar-refractivity contribution < 1.29 is 4.79 Å². The number of hydrogen-bond acceptors (Lipinski definition) is 3. The molecule has 4 nitrogen and oxygen atoms in total. The van der Waals surface area contributed by atoms with Gasteiger partial charge < -0.3 is 10.6 Å². The minimum Gasteiger partial charge on any atom is -0.355 e. The molecule has 4 heteroatoms. The average Bonchev–Trinajstić information content (AvgIpc) is 3.13. The molecule has 2 aliphatic rings. The van der Waals surface area contributed by atoms with Crippen LogP contribution in [0.4, 0.5) is 0 Å². The van der Waals surface area contributed by atoms with Crippen LogP contribution >= 0.6 is 0 Å². The topological polar surface area (TPSA) is 44.4 Å². The zero-order chi connectivity index (χ0) is 12.3. The number of rotatable bonds is 5. The van der Waals surface area contributed by atoms with Gasteiger partial charge in [0.15, 0.2) is 0 Å². The van der Waals surface area contributed by atoms with Crippen LogP contribution in [0, 0.1) is 0 Å². The predicted molar refractivity (Wildman–Crippen MR) is 68.9 cm³/mol. The van der Waals surface area contributed by atoms with Gasteiger partial charge in [0.1, 0.15) is 0 Å². The lowest BCUT2D eigenvalue weighted by molar-refractivity contribution is -0.122. The molecule has 2 unspecified atom stereocenters. The Labute approximate surface area is 104 Å². The van der Waals surface area contributed by atoms with Crippen LogP contribution in [0.25, 0.3) is 0 Å². The first-order valence-electron chi connectivity index (χ1n) is 6.91. The van der Waals surface area contributed by atoms with Gasteiger partial charge in [0.05, 0.1) is 6.04 Å². The second kappa shape index (κ2) is 5.83. The molecular weight excluding hydrogens is 214 g/mol. The average molecular weight is 239 g/mol. The molecule has 2 atom stereocenters. The summed E-state index contributed by atoms with van der Waals surface area (Å²) >= 11 is 0. The van der Waals surface area contributed by atoms with E-state index in [9.17, 15) is 4.79 Å². The number of nitrogens with zero attached hydrogens (tertiary/aromatic N) is 1. The third-order valence-corrected chi connectivity index (χ3v) is 4.01. The van der Waals surface area contributed by atoms with Crippen molar-refractivity contribution in [3.63, 3.8) is 0 Å². The third kappa shape index (κ3) is 3.68. The second-order valence-corrected chi connectivity index (χ2v) is 5.49. The maximum Gasteiger partial charge on any atom is 0.237 e. The van der Waals surface area contributed by atoms with Crippen molar-refractivity contribution in [3.8, 4) is 0 Å². The number of carbonyl (C=O) groups is 1. The quantitative estimate of drug-likeness (QED) is 0.743. The molecule has 1 aliphatic heterocycles. The van der Waals surface area contributed by atoms with Gasteiger partial charge in [0.2, 0.25) is 5.91 Å². The summed E-state index contributed by atoms with van der Waals surface area (Å²) in [4.78, 5) is 14.2. The Kier molecular flexibility index (Phi) is 4.40. The van der Waals surface area contributed by atoms with Gasteiger partial charge in [-0.25, -0.2) is 0 Å². The van der Waals surface area contributed by atoms with Crippen molar-refractivity contribution in [1.82, 2.24) is 15.5 Å². The molecule has 0 spiro atoms. The van der Waals surface area contributed by atoms with Crippen LogP contribution in [-0.2, 0) is 4.79 Å². The molecule has 2 fully saturated rings. The molecule has 2 N–H and O–H groups in total. The third-order valence-electron chi connectivity index (χ3n) is 4.01. The Morgan fingerprint density at radius 2 is 2.18 bits per heavy atom. The molecule has 0 radical (unpaired) electrons. The molecule has 0 aromatic carbocycles. The first kappa shape index (κ1) is 12.8. The summed E-state index contributed by atoms with van der Waals surface area (Å²) < 4.78 is 0. The van der Waals surface area contributed by atoms with E-state index in [1.54, 1.807) is 0 Å². The van der Waals surface area contributed by atoms with Crippen molar-refractivity contribution in [1.29, 1.82) is 0 Å². The fourth-order valence-electron chi connectivity index (χ4n) is 2.43. The van der Waals surface area contributed by atoms with E-state index in [2.05, 4.69) is 29.5 Å². The monoisotopic (exact) mass is 239 g/mol. The maximum atomic E-state index is 11.8. The van der Waals surface area contributed by atoms with Crippen molar-refractivity contribution in [2.24, 2.45) is 0 Å². The van der Waals surface area contributed by atoms with Crippen molar-refractivity contribution in [2.75, 3.05) is 20.1 Å². The molecular formula is C13H25N3O. The summed E-state index contributed by atoms with van der Waals surface area (Å²) in [6, 6.07) is 1.32. The Morgan fingerprint density at radius 1 is 1.41 bits per heavy atom. The SMILES string of the molecule is CC(CNC1CCCCNC1=O)N(C)C1CC1. The van der Waals surface area contributed by atoms with Crippen LogP contribution < -0.4 is 10.6 Å². The van der Waals surface area contributed by atoms with Gasteiger partial charge in [0.25, 0.3) is 0 Å². The summed E-state index contributed by atoms with van der Waals surface area (Å²) in [6.45, 7) is 3.99. The second-order valence-electron chi connectivity index (χ2n) is 5.49. The zero-order valence-electron chi connectivity index (χ0n) is 11.0. The summed E-state index contributed by atoms with van der Waals surface area (Å²) in [5.74, 6) is 0.184. The Morgan fingerprint density at radius 3 is 2.88 bits per heavy atom. The van der Waals surface area contributed by atoms with Crippen LogP contribution in [0.5, 0.6) is 0 Å². The van der Waals surface area contributed by atoms with E-state index in [1.807, 2.05) is 0 Å². The molecule has 2 rings (SSSR count). The summed E-state index contributed by atoms with van der Waals surface area (Å²) in [5, 5.41) is 6.39. The smallest absolute Gasteiger partial charge is 0.237 e. The summed E-state index contributed by atoms with van der Waals surface area (Å²) in [7, 11) is 2.19. The molecule has 1 amide bonds. The van der Waals surface area contributed by atoms with Crippen molar-refractivity contribution >= 4 is 5.91 Å². The van der Waals surface area contributed by atoms with E-state index in [4.69, 9.17) is 0 Å². The lowest BCUT2D eigenvalue weighted by atomic mass is 10.1. The maximum absolute atomic E-state index is 11.8. The van der Waals surface area contributed by atoms with Crippen LogP contribution in [0.2, 0.25) is 0 Å². The fourth-order valence-corrected chi connectivity index (χ4v) is 2.43. The highest BCUT2D eigenvalue weighted by molar-refractivity contribution is 5.81. The van der Waals surface area contributed by atoms with Crippen LogP contribution in [0.3, 0.4) is 0 Å². The molecule has 1 aliphatic carbocycles. The van der Waals surface area contributed by atoms with Crippen LogP contribution in [0.1, 0.15) is 39.0 Å². The number of nitrogens with one attached hydrogen (secondary N) is 2. The molecule has 0 aromatic rings. The lowest BCUT2D eigenvalue weighted by Gasteiger charge is -2.26. The van der Waals surface area contributed by atoms with Gasteiger partial charge in [-0.05, 0) is 46.1 Å². The molecule has 1 saturated carbocycles. The number of likely N-dealkylation sites (N-methyl/N-ethyl adjacent to an activating group) is 1. The first-order valence-corrected chi connectivity index (χ1v) is 6.91. The Hall–Kier alpha value is -0.610. The predicted octanol–water partition coefficient (Wildman–Crippen LogP) is 0.727. The van der Waals surface area contributed by atoms with E-state index < -0.39 is 0 Å². The van der Waals surface area contributed by atoms with E-state index in [0.29, 0.717) is 6.04 Å². The highest BCUT2D eigenvalue weighted by Gasteiger charge is 2.29. The largest absolute Gasteiger partial charge is 0.355 e. The number of hydrogen-bond donors (Lipinski definition) is 2. The van der Waals surface area contributed by atoms with Crippen LogP contribution in [0.15, 0.2) is 0 Å². The molecule has 1 saturated heterocycles. The van der Waals surface area contributed by atoms with Gasteiger partial charge in [-0.15, -0.1) is 0 Å². The van der Waals surface area contributed by atoms with Gasteiger partial charge >= 0.3 is 0 Å². The number of amides is 1. The molecule has 17 heavy (non-hydrogen) atoms.